The molecule has 3 atom stereocenters. The number of rotatable bonds is 12. The van der Waals surface area contributed by atoms with E-state index < -0.39 is 53.8 Å². The van der Waals surface area contributed by atoms with E-state index in [1.54, 1.807) is 0 Å². The first-order chi connectivity index (χ1) is 13.6. The topological polar surface area (TPSA) is 328 Å². The molecule has 0 saturated heterocycles. The largest absolute Gasteiger partial charge is 3.00 e. The van der Waals surface area contributed by atoms with Gasteiger partial charge in [-0.15, -0.1) is 0 Å². The van der Waals surface area contributed by atoms with E-state index in [4.69, 9.17) is 34.4 Å². The molecule has 0 spiro atoms. The SMILES string of the molecule is NC(=O)CCC(N)C(=O)[O-].NC(=O)CCC(N)C(=O)[O-].NC(=O)CCC(N)C(=O)[O-].[Nd+3]. The van der Waals surface area contributed by atoms with E-state index in [1.807, 2.05) is 0 Å². The van der Waals surface area contributed by atoms with Crippen LogP contribution < -0.4 is 49.7 Å². The summed E-state index contributed by atoms with van der Waals surface area (Å²) in [5.41, 5.74) is 29.2. The third kappa shape index (κ3) is 30.3. The van der Waals surface area contributed by atoms with Crippen LogP contribution in [0.15, 0.2) is 0 Å². The molecule has 0 aliphatic heterocycles. The van der Waals surface area contributed by atoms with Crippen molar-refractivity contribution in [1.82, 2.24) is 0 Å². The molecule has 3 amide bonds. The molecule has 0 fully saturated rings. The zero-order valence-electron chi connectivity index (χ0n) is 16.6. The zero-order valence-corrected chi connectivity index (χ0v) is 19.8. The maximum atomic E-state index is 10.1. The molecule has 0 heterocycles. The molecule has 0 aliphatic carbocycles. The van der Waals surface area contributed by atoms with Gasteiger partial charge in [-0.05, 0) is 19.3 Å². The minimum absolute atomic E-state index is 0. The summed E-state index contributed by atoms with van der Waals surface area (Å²) in [4.78, 5) is 60.0. The minimum atomic E-state index is -1.36. The normalized spacial score (nSPS) is 12.1. The van der Waals surface area contributed by atoms with Crippen LogP contribution in [0.3, 0.4) is 0 Å². The maximum absolute atomic E-state index is 10.1. The molecule has 0 aromatic carbocycles. The smallest absolute Gasteiger partial charge is 0.548 e. The summed E-state index contributed by atoms with van der Waals surface area (Å²) in [5.74, 6) is -5.76. The fourth-order valence-electron chi connectivity index (χ4n) is 1.25. The van der Waals surface area contributed by atoms with Crippen molar-refractivity contribution < 1.29 is 84.9 Å². The number of primary amides is 3. The standard InChI is InChI=1S/3C5H10N2O3.Nd/c3*6-3(5(9)10)1-2-4(7)8;/h3*3H,1-2,6H2,(H2,7,8)(H,9,10);/q;;;+3/p-3. The van der Waals surface area contributed by atoms with E-state index in [1.165, 1.54) is 0 Å². The van der Waals surface area contributed by atoms with Gasteiger partial charge < -0.3 is 64.1 Å². The maximum Gasteiger partial charge on any atom is 3.00 e. The van der Waals surface area contributed by atoms with Crippen LogP contribution in [0.1, 0.15) is 38.5 Å². The second-order valence-corrected chi connectivity index (χ2v) is 5.79. The van der Waals surface area contributed by atoms with Gasteiger partial charge in [0.05, 0.1) is 17.9 Å². The zero-order chi connectivity index (χ0) is 24.4. The molecule has 15 nitrogen and oxygen atoms in total. The number of hydrogen-bond acceptors (Lipinski definition) is 12. The second-order valence-electron chi connectivity index (χ2n) is 5.79. The van der Waals surface area contributed by atoms with E-state index in [2.05, 4.69) is 0 Å². The molecule has 0 aliphatic rings. The van der Waals surface area contributed by atoms with Crippen molar-refractivity contribution in [3.63, 3.8) is 0 Å². The van der Waals surface area contributed by atoms with Gasteiger partial charge in [-0.3, -0.25) is 14.4 Å². The molecule has 31 heavy (non-hydrogen) atoms. The van der Waals surface area contributed by atoms with E-state index >= 15 is 0 Å². The van der Waals surface area contributed by atoms with Crippen molar-refractivity contribution in [3.8, 4) is 0 Å². The van der Waals surface area contributed by atoms with Crippen LogP contribution in [0.25, 0.3) is 0 Å². The van der Waals surface area contributed by atoms with Crippen LogP contribution in [0.2, 0.25) is 0 Å². The van der Waals surface area contributed by atoms with Gasteiger partial charge in [0.2, 0.25) is 17.7 Å². The summed E-state index contributed by atoms with van der Waals surface area (Å²) in [7, 11) is 0. The van der Waals surface area contributed by atoms with Gasteiger partial charge in [-0.2, -0.15) is 0 Å². The van der Waals surface area contributed by atoms with E-state index in [0.29, 0.717) is 0 Å². The first kappa shape index (κ1) is 36.4. The second kappa shape index (κ2) is 21.3. The van der Waals surface area contributed by atoms with Crippen molar-refractivity contribution in [2.45, 2.75) is 56.7 Å². The van der Waals surface area contributed by atoms with Crippen molar-refractivity contribution in [3.05, 3.63) is 0 Å². The molecular weight excluding hydrogens is 552 g/mol. The molecule has 0 aromatic heterocycles. The first-order valence-electron chi connectivity index (χ1n) is 8.35. The molecular formula is C15H27N6NdO9. The average Bonchev–Trinajstić information content (AvgIpc) is 2.62. The Morgan fingerprint density at radius 3 is 0.774 bits per heavy atom. The Bertz CT molecular complexity index is 525. The van der Waals surface area contributed by atoms with Crippen molar-refractivity contribution in [2.75, 3.05) is 0 Å². The summed E-state index contributed by atoms with van der Waals surface area (Å²) in [6, 6.07) is -3.27. The fourth-order valence-corrected chi connectivity index (χ4v) is 1.25. The molecule has 1 radical (unpaired) electrons. The Kier molecular flexibility index (Phi) is 25.0. The Labute approximate surface area is 210 Å². The van der Waals surface area contributed by atoms with Gasteiger partial charge in [-0.1, -0.05) is 0 Å². The van der Waals surface area contributed by atoms with Gasteiger partial charge >= 0.3 is 40.8 Å². The Balaban J connectivity index is -0.000000174. The number of aliphatic carboxylic acids is 3. The van der Waals surface area contributed by atoms with Crippen LogP contribution in [0.5, 0.6) is 0 Å². The van der Waals surface area contributed by atoms with Gasteiger partial charge in [0.1, 0.15) is 0 Å². The van der Waals surface area contributed by atoms with Crippen LogP contribution in [-0.4, -0.2) is 53.8 Å². The molecule has 175 valence electrons. The van der Waals surface area contributed by atoms with Crippen LogP contribution in [-0.2, 0) is 28.8 Å². The summed E-state index contributed by atoms with van der Waals surface area (Å²) in [6.07, 6.45) is 0.0619. The summed E-state index contributed by atoms with van der Waals surface area (Å²) in [6.45, 7) is 0. The average molecular weight is 580 g/mol. The van der Waals surface area contributed by atoms with E-state index in [9.17, 15) is 44.1 Å². The predicted molar refractivity (Wildman–Crippen MR) is 94.2 cm³/mol. The molecule has 0 rings (SSSR count). The van der Waals surface area contributed by atoms with Gasteiger partial charge in [0.15, 0.2) is 0 Å². The Morgan fingerprint density at radius 1 is 0.516 bits per heavy atom. The summed E-state index contributed by atoms with van der Waals surface area (Å²) >= 11 is 0. The van der Waals surface area contributed by atoms with E-state index in [-0.39, 0.29) is 79.4 Å². The van der Waals surface area contributed by atoms with Gasteiger partial charge in [0.25, 0.3) is 0 Å². The molecule has 0 saturated carbocycles. The van der Waals surface area contributed by atoms with Crippen LogP contribution >= 0.6 is 0 Å². The third-order valence-electron chi connectivity index (χ3n) is 3.01. The predicted octanol–water partition coefficient (Wildman–Crippen LogP) is -8.01. The first-order valence-corrected chi connectivity index (χ1v) is 8.35. The third-order valence-corrected chi connectivity index (χ3v) is 3.01. The minimum Gasteiger partial charge on any atom is -0.548 e. The Morgan fingerprint density at radius 2 is 0.677 bits per heavy atom. The molecule has 0 bridgehead atoms. The molecule has 0 aromatic rings. The number of nitrogens with two attached hydrogens (primary N) is 6. The van der Waals surface area contributed by atoms with Crippen molar-refractivity contribution in [1.29, 1.82) is 0 Å². The van der Waals surface area contributed by atoms with Crippen molar-refractivity contribution >= 4 is 35.6 Å². The monoisotopic (exact) mass is 577 g/mol. The molecule has 16 heteroatoms. The fraction of sp³-hybridized carbons (Fsp3) is 0.600. The Hall–Kier alpha value is -1.95. The van der Waals surface area contributed by atoms with Gasteiger partial charge in [-0.25, -0.2) is 0 Å². The van der Waals surface area contributed by atoms with Crippen LogP contribution in [0, 0.1) is 40.8 Å². The van der Waals surface area contributed by atoms with Crippen molar-refractivity contribution in [2.24, 2.45) is 34.4 Å². The molecule has 12 N–H and O–H groups in total. The summed E-state index contributed by atoms with van der Waals surface area (Å²) < 4.78 is 0. The number of carbonyl (C=O) groups excluding carboxylic acids is 6. The number of hydrogen-bond donors (Lipinski definition) is 6. The number of carboxylic acid groups (broad SMARTS) is 3. The quantitative estimate of drug-likeness (QED) is 0.125. The summed E-state index contributed by atoms with van der Waals surface area (Å²) in [5, 5.41) is 29.8. The number of carbonyl (C=O) groups is 6. The number of carboxylic acids is 3. The van der Waals surface area contributed by atoms with Gasteiger partial charge in [0, 0.05) is 37.4 Å². The van der Waals surface area contributed by atoms with Crippen LogP contribution in [0.4, 0.5) is 0 Å². The van der Waals surface area contributed by atoms with E-state index in [0.717, 1.165) is 0 Å². The number of amides is 3. The molecule has 3 unspecified atom stereocenters.